The first-order valence-electron chi connectivity index (χ1n) is 6.99. The Morgan fingerprint density at radius 3 is 2.83 bits per heavy atom. The second-order valence-electron chi connectivity index (χ2n) is 5.45. The van der Waals surface area contributed by atoms with Crippen LogP contribution in [0.3, 0.4) is 0 Å². The number of aromatic amines is 1. The van der Waals surface area contributed by atoms with Crippen LogP contribution in [0, 0.1) is 17.5 Å². The van der Waals surface area contributed by atoms with E-state index in [-0.39, 0.29) is 36.9 Å². The van der Waals surface area contributed by atoms with Crippen molar-refractivity contribution in [1.82, 2.24) is 14.9 Å². The number of nitrogens with zero attached hydrogens (tertiary/aromatic N) is 2. The van der Waals surface area contributed by atoms with Gasteiger partial charge in [-0.2, -0.15) is 0 Å². The SMILES string of the molecule is O=C1CC(c2cc(F)cc(F)c2F)CN1Cc1cnc(CCl)[nH]1. The Hall–Kier alpha value is -2.02. The molecule has 0 spiro atoms. The maximum atomic E-state index is 13.9. The van der Waals surface area contributed by atoms with E-state index in [1.165, 1.54) is 4.90 Å². The Labute approximate surface area is 135 Å². The summed E-state index contributed by atoms with van der Waals surface area (Å²) in [5.41, 5.74) is 0.588. The molecule has 23 heavy (non-hydrogen) atoms. The van der Waals surface area contributed by atoms with Gasteiger partial charge in [-0.25, -0.2) is 18.2 Å². The van der Waals surface area contributed by atoms with E-state index in [2.05, 4.69) is 9.97 Å². The number of hydrogen-bond acceptors (Lipinski definition) is 2. The van der Waals surface area contributed by atoms with E-state index in [4.69, 9.17) is 11.6 Å². The third kappa shape index (κ3) is 3.19. The number of aromatic nitrogens is 2. The van der Waals surface area contributed by atoms with Crippen molar-refractivity contribution >= 4 is 17.5 Å². The molecule has 0 radical (unpaired) electrons. The molecule has 4 nitrogen and oxygen atoms in total. The molecule has 3 rings (SSSR count). The van der Waals surface area contributed by atoms with Crippen molar-refractivity contribution in [2.75, 3.05) is 6.54 Å². The van der Waals surface area contributed by atoms with Gasteiger partial charge in [0.15, 0.2) is 11.6 Å². The van der Waals surface area contributed by atoms with Crippen LogP contribution < -0.4 is 0 Å². The molecular formula is C15H13ClF3N3O. The van der Waals surface area contributed by atoms with Gasteiger partial charge in [0.05, 0.1) is 24.3 Å². The van der Waals surface area contributed by atoms with Crippen LogP contribution in [-0.2, 0) is 17.2 Å². The molecule has 1 aromatic carbocycles. The van der Waals surface area contributed by atoms with E-state index in [0.717, 1.165) is 6.07 Å². The summed E-state index contributed by atoms with van der Waals surface area (Å²) in [6.07, 6.45) is 1.58. The quantitative estimate of drug-likeness (QED) is 0.685. The second kappa shape index (κ2) is 6.23. The molecule has 8 heteroatoms. The van der Waals surface area contributed by atoms with Gasteiger partial charge < -0.3 is 9.88 Å². The van der Waals surface area contributed by atoms with Crippen LogP contribution in [0.5, 0.6) is 0 Å². The fraction of sp³-hybridized carbons (Fsp3) is 0.333. The highest BCUT2D eigenvalue weighted by molar-refractivity contribution is 6.16. The molecule has 0 saturated carbocycles. The van der Waals surface area contributed by atoms with E-state index >= 15 is 0 Å². The Bertz CT molecular complexity index is 750. The highest BCUT2D eigenvalue weighted by Crippen LogP contribution is 2.32. The predicted octanol–water partition coefficient (Wildman–Crippen LogP) is 3.08. The summed E-state index contributed by atoms with van der Waals surface area (Å²) >= 11 is 5.65. The first kappa shape index (κ1) is 15.9. The summed E-state index contributed by atoms with van der Waals surface area (Å²) in [5, 5.41) is 0. The molecule has 2 aromatic rings. The smallest absolute Gasteiger partial charge is 0.223 e. The fourth-order valence-corrected chi connectivity index (χ4v) is 2.90. The van der Waals surface area contributed by atoms with Crippen molar-refractivity contribution in [3.05, 3.63) is 52.9 Å². The van der Waals surface area contributed by atoms with Gasteiger partial charge in [-0.3, -0.25) is 4.79 Å². The largest absolute Gasteiger partial charge is 0.343 e. The predicted molar refractivity (Wildman–Crippen MR) is 77.2 cm³/mol. The summed E-state index contributed by atoms with van der Waals surface area (Å²) in [5.74, 6) is -3.18. The van der Waals surface area contributed by atoms with Gasteiger partial charge in [-0.05, 0) is 11.6 Å². The zero-order valence-electron chi connectivity index (χ0n) is 12.0. The molecule has 1 fully saturated rings. The van der Waals surface area contributed by atoms with E-state index in [9.17, 15) is 18.0 Å². The number of halogens is 4. The number of rotatable bonds is 4. The summed E-state index contributed by atoms with van der Waals surface area (Å²) in [4.78, 5) is 20.6. The Balaban J connectivity index is 1.77. The van der Waals surface area contributed by atoms with Crippen LogP contribution >= 0.6 is 11.6 Å². The van der Waals surface area contributed by atoms with E-state index in [1.807, 2.05) is 0 Å². The van der Waals surface area contributed by atoms with Crippen molar-refractivity contribution < 1.29 is 18.0 Å². The van der Waals surface area contributed by atoms with Crippen LogP contribution in [0.4, 0.5) is 13.2 Å². The minimum absolute atomic E-state index is 0.0102. The van der Waals surface area contributed by atoms with Gasteiger partial charge >= 0.3 is 0 Å². The average Bonchev–Trinajstić information content (AvgIpc) is 3.10. The molecule has 2 heterocycles. The number of likely N-dealkylation sites (tertiary alicyclic amines) is 1. The lowest BCUT2D eigenvalue weighted by Crippen LogP contribution is -2.24. The summed E-state index contributed by atoms with van der Waals surface area (Å²) in [6.45, 7) is 0.451. The van der Waals surface area contributed by atoms with Crippen molar-refractivity contribution in [2.24, 2.45) is 0 Å². The number of benzene rings is 1. The number of amides is 1. The number of H-pyrrole nitrogens is 1. The molecule has 0 aliphatic carbocycles. The number of carbonyl (C=O) groups excluding carboxylic acids is 1. The normalized spacial score (nSPS) is 18.0. The van der Waals surface area contributed by atoms with E-state index in [1.54, 1.807) is 6.20 Å². The summed E-state index contributed by atoms with van der Waals surface area (Å²) in [6, 6.07) is 1.44. The molecule has 1 aliphatic heterocycles. The van der Waals surface area contributed by atoms with Crippen LogP contribution in [0.1, 0.15) is 29.4 Å². The van der Waals surface area contributed by atoms with E-state index in [0.29, 0.717) is 17.6 Å². The molecular weight excluding hydrogens is 331 g/mol. The molecule has 0 bridgehead atoms. The number of carbonyl (C=O) groups is 1. The first-order valence-corrected chi connectivity index (χ1v) is 7.52. The zero-order chi connectivity index (χ0) is 16.6. The molecule has 1 atom stereocenters. The minimum Gasteiger partial charge on any atom is -0.343 e. The molecule has 122 valence electrons. The maximum absolute atomic E-state index is 13.9. The monoisotopic (exact) mass is 343 g/mol. The van der Waals surface area contributed by atoms with Gasteiger partial charge in [0.1, 0.15) is 11.6 Å². The van der Waals surface area contributed by atoms with Crippen LogP contribution in [0.2, 0.25) is 0 Å². The molecule has 1 N–H and O–H groups in total. The summed E-state index contributed by atoms with van der Waals surface area (Å²) < 4.78 is 40.5. The van der Waals surface area contributed by atoms with Gasteiger partial charge in [-0.1, -0.05) is 0 Å². The zero-order valence-corrected chi connectivity index (χ0v) is 12.7. The molecule has 1 aromatic heterocycles. The molecule has 1 unspecified atom stereocenters. The highest BCUT2D eigenvalue weighted by atomic mass is 35.5. The fourth-order valence-electron chi connectivity index (χ4n) is 2.77. The first-order chi connectivity index (χ1) is 11.0. The lowest BCUT2D eigenvalue weighted by molar-refractivity contribution is -0.128. The maximum Gasteiger partial charge on any atom is 0.223 e. The lowest BCUT2D eigenvalue weighted by atomic mass is 9.97. The van der Waals surface area contributed by atoms with Crippen molar-refractivity contribution in [3.63, 3.8) is 0 Å². The van der Waals surface area contributed by atoms with Crippen LogP contribution in [0.15, 0.2) is 18.3 Å². The molecule has 1 amide bonds. The van der Waals surface area contributed by atoms with Gasteiger partial charge in [-0.15, -0.1) is 11.6 Å². The summed E-state index contributed by atoms with van der Waals surface area (Å²) in [7, 11) is 0. The number of hydrogen-bond donors (Lipinski definition) is 1. The van der Waals surface area contributed by atoms with Crippen molar-refractivity contribution in [2.45, 2.75) is 24.8 Å². The topological polar surface area (TPSA) is 49.0 Å². The number of imidazole rings is 1. The number of nitrogens with one attached hydrogen (secondary N) is 1. The van der Waals surface area contributed by atoms with Crippen molar-refractivity contribution in [1.29, 1.82) is 0 Å². The van der Waals surface area contributed by atoms with E-state index < -0.39 is 23.4 Å². The Morgan fingerprint density at radius 2 is 2.13 bits per heavy atom. The number of alkyl halides is 1. The minimum atomic E-state index is -1.24. The standard InChI is InChI=1S/C15H13ClF3N3O/c16-4-13-20-5-10(21-13)7-22-6-8(1-14(22)23)11-2-9(17)3-12(18)15(11)19/h2-3,5,8H,1,4,6-7H2,(H,20,21). The second-order valence-corrected chi connectivity index (χ2v) is 5.72. The Kier molecular flexibility index (Phi) is 4.30. The third-order valence-corrected chi connectivity index (χ3v) is 4.10. The van der Waals surface area contributed by atoms with Crippen LogP contribution in [-0.4, -0.2) is 27.3 Å². The highest BCUT2D eigenvalue weighted by Gasteiger charge is 2.33. The molecule has 1 saturated heterocycles. The van der Waals surface area contributed by atoms with Gasteiger partial charge in [0, 0.05) is 24.9 Å². The third-order valence-electron chi connectivity index (χ3n) is 3.84. The van der Waals surface area contributed by atoms with Gasteiger partial charge in [0.2, 0.25) is 5.91 Å². The van der Waals surface area contributed by atoms with Crippen molar-refractivity contribution in [3.8, 4) is 0 Å². The Morgan fingerprint density at radius 1 is 1.35 bits per heavy atom. The average molecular weight is 344 g/mol. The molecule has 1 aliphatic rings. The van der Waals surface area contributed by atoms with Crippen LogP contribution in [0.25, 0.3) is 0 Å². The lowest BCUT2D eigenvalue weighted by Gasteiger charge is -2.16. The van der Waals surface area contributed by atoms with Gasteiger partial charge in [0.25, 0.3) is 0 Å².